The van der Waals surface area contributed by atoms with E-state index in [4.69, 9.17) is 0 Å². The van der Waals surface area contributed by atoms with E-state index >= 15 is 0 Å². The van der Waals surface area contributed by atoms with Gasteiger partial charge in [0.15, 0.2) is 0 Å². The van der Waals surface area contributed by atoms with E-state index < -0.39 is 0 Å². The van der Waals surface area contributed by atoms with Crippen molar-refractivity contribution in [3.05, 3.63) is 0 Å². The Labute approximate surface area is 109 Å². The van der Waals surface area contributed by atoms with Gasteiger partial charge in [-0.05, 0) is 32.7 Å². The molecule has 1 fully saturated rings. The summed E-state index contributed by atoms with van der Waals surface area (Å²) in [6.07, 6.45) is 4.61. The summed E-state index contributed by atoms with van der Waals surface area (Å²) < 4.78 is 4.53. The minimum Gasteiger partial charge on any atom is -0.469 e. The van der Waals surface area contributed by atoms with E-state index in [1.807, 2.05) is 0 Å². The van der Waals surface area contributed by atoms with Crippen molar-refractivity contribution in [2.45, 2.75) is 45.1 Å². The topological polar surface area (TPSA) is 58.6 Å². The zero-order chi connectivity index (χ0) is 13.4. The number of methoxy groups -OCH3 is 1. The van der Waals surface area contributed by atoms with Crippen LogP contribution in [0, 0.1) is 0 Å². The third kappa shape index (κ3) is 5.49. The van der Waals surface area contributed by atoms with Crippen LogP contribution >= 0.6 is 0 Å². The van der Waals surface area contributed by atoms with Crippen molar-refractivity contribution in [1.29, 1.82) is 0 Å². The minimum absolute atomic E-state index is 0.0496. The van der Waals surface area contributed by atoms with Crippen LogP contribution < -0.4 is 5.32 Å². The van der Waals surface area contributed by atoms with Gasteiger partial charge in [-0.15, -0.1) is 0 Å². The van der Waals surface area contributed by atoms with E-state index in [1.165, 1.54) is 26.4 Å². The lowest BCUT2D eigenvalue weighted by molar-refractivity contribution is -0.140. The van der Waals surface area contributed by atoms with Crippen LogP contribution in [0.15, 0.2) is 0 Å². The van der Waals surface area contributed by atoms with E-state index in [2.05, 4.69) is 21.9 Å². The fourth-order valence-electron chi connectivity index (χ4n) is 2.20. The number of esters is 1. The third-order valence-electron chi connectivity index (χ3n) is 3.39. The highest BCUT2D eigenvalue weighted by Crippen LogP contribution is 2.15. The Morgan fingerprint density at radius 2 is 2.17 bits per heavy atom. The number of carbonyl (C=O) groups is 2. The van der Waals surface area contributed by atoms with Crippen LogP contribution in [0.2, 0.25) is 0 Å². The molecule has 1 amide bonds. The van der Waals surface area contributed by atoms with Crippen molar-refractivity contribution in [3.63, 3.8) is 0 Å². The van der Waals surface area contributed by atoms with Gasteiger partial charge < -0.3 is 10.1 Å². The highest BCUT2D eigenvalue weighted by molar-refractivity contribution is 5.78. The molecule has 1 saturated heterocycles. The fraction of sp³-hybridized carbons (Fsp3) is 0.846. The first-order valence-corrected chi connectivity index (χ1v) is 6.71. The third-order valence-corrected chi connectivity index (χ3v) is 3.39. The van der Waals surface area contributed by atoms with Crippen LogP contribution in [0.5, 0.6) is 0 Å². The number of hydrogen-bond acceptors (Lipinski definition) is 4. The maximum absolute atomic E-state index is 11.7. The van der Waals surface area contributed by atoms with Crippen LogP contribution in [0.3, 0.4) is 0 Å². The molecule has 0 aromatic heterocycles. The van der Waals surface area contributed by atoms with Gasteiger partial charge in [-0.3, -0.25) is 14.5 Å². The minimum atomic E-state index is -0.228. The Morgan fingerprint density at radius 3 is 2.83 bits per heavy atom. The molecule has 18 heavy (non-hydrogen) atoms. The summed E-state index contributed by atoms with van der Waals surface area (Å²) in [5.74, 6) is -0.178. The Kier molecular flexibility index (Phi) is 6.72. The summed E-state index contributed by atoms with van der Waals surface area (Å²) in [4.78, 5) is 24.8. The lowest BCUT2D eigenvalue weighted by Gasteiger charge is -2.32. The monoisotopic (exact) mass is 256 g/mol. The van der Waals surface area contributed by atoms with Crippen molar-refractivity contribution < 1.29 is 14.3 Å². The predicted octanol–water partition coefficient (Wildman–Crippen LogP) is 0.930. The molecule has 1 rings (SSSR count). The summed E-state index contributed by atoms with van der Waals surface area (Å²) in [7, 11) is 1.37. The molecular weight excluding hydrogens is 232 g/mol. The van der Waals surface area contributed by atoms with E-state index in [0.717, 1.165) is 6.54 Å². The standard InChI is InChI=1S/C13H24N2O3/c1-11-6-3-4-9-15(11)10-12(16)14-8-5-7-13(17)18-2/h11H,3-10H2,1-2H3,(H,14,16)/t11-/m1/s1. The molecule has 0 aromatic rings. The Morgan fingerprint density at radius 1 is 1.39 bits per heavy atom. The number of amides is 1. The Bertz CT molecular complexity index is 281. The van der Waals surface area contributed by atoms with Gasteiger partial charge in [-0.1, -0.05) is 6.42 Å². The first kappa shape index (κ1) is 15.0. The molecule has 0 saturated carbocycles. The zero-order valence-electron chi connectivity index (χ0n) is 11.4. The molecule has 1 aliphatic heterocycles. The van der Waals surface area contributed by atoms with Crippen LogP contribution in [-0.4, -0.2) is 49.6 Å². The van der Waals surface area contributed by atoms with E-state index in [0.29, 0.717) is 32.0 Å². The smallest absolute Gasteiger partial charge is 0.305 e. The highest BCUT2D eigenvalue weighted by atomic mass is 16.5. The molecule has 5 nitrogen and oxygen atoms in total. The molecule has 0 unspecified atom stereocenters. The van der Waals surface area contributed by atoms with Gasteiger partial charge in [0.1, 0.15) is 0 Å². The number of nitrogens with one attached hydrogen (secondary N) is 1. The van der Waals surface area contributed by atoms with Crippen molar-refractivity contribution in [2.24, 2.45) is 0 Å². The lowest BCUT2D eigenvalue weighted by Crippen LogP contribution is -2.44. The molecule has 1 heterocycles. The van der Waals surface area contributed by atoms with Gasteiger partial charge in [-0.25, -0.2) is 0 Å². The van der Waals surface area contributed by atoms with Gasteiger partial charge in [0.05, 0.1) is 13.7 Å². The van der Waals surface area contributed by atoms with Crippen molar-refractivity contribution in [3.8, 4) is 0 Å². The largest absolute Gasteiger partial charge is 0.469 e. The van der Waals surface area contributed by atoms with Crippen molar-refractivity contribution in [2.75, 3.05) is 26.7 Å². The van der Waals surface area contributed by atoms with E-state index in [1.54, 1.807) is 0 Å². The van der Waals surface area contributed by atoms with Gasteiger partial charge in [0.25, 0.3) is 0 Å². The predicted molar refractivity (Wildman–Crippen MR) is 69.1 cm³/mol. The Balaban J connectivity index is 2.11. The molecule has 0 bridgehead atoms. The van der Waals surface area contributed by atoms with Crippen LogP contribution in [-0.2, 0) is 14.3 Å². The summed E-state index contributed by atoms with van der Waals surface area (Å²) in [6, 6.07) is 0.500. The van der Waals surface area contributed by atoms with Crippen LogP contribution in [0.25, 0.3) is 0 Å². The number of nitrogens with zero attached hydrogens (tertiary/aromatic N) is 1. The number of piperidine rings is 1. The molecule has 104 valence electrons. The molecule has 0 aliphatic carbocycles. The molecule has 0 aromatic carbocycles. The van der Waals surface area contributed by atoms with E-state index in [9.17, 15) is 9.59 Å². The number of hydrogen-bond donors (Lipinski definition) is 1. The lowest BCUT2D eigenvalue weighted by atomic mass is 10.0. The molecular formula is C13H24N2O3. The van der Waals surface area contributed by atoms with Crippen molar-refractivity contribution >= 4 is 11.9 Å². The molecule has 1 aliphatic rings. The van der Waals surface area contributed by atoms with Gasteiger partial charge in [0, 0.05) is 19.0 Å². The second-order valence-corrected chi connectivity index (χ2v) is 4.84. The molecule has 5 heteroatoms. The summed E-state index contributed by atoms with van der Waals surface area (Å²) in [5, 5.41) is 2.84. The van der Waals surface area contributed by atoms with Crippen LogP contribution in [0.1, 0.15) is 39.0 Å². The second-order valence-electron chi connectivity index (χ2n) is 4.84. The average molecular weight is 256 g/mol. The van der Waals surface area contributed by atoms with Crippen molar-refractivity contribution in [1.82, 2.24) is 10.2 Å². The normalized spacial score (nSPS) is 20.4. The first-order valence-electron chi connectivity index (χ1n) is 6.71. The average Bonchev–Trinajstić information content (AvgIpc) is 2.37. The fourth-order valence-corrected chi connectivity index (χ4v) is 2.20. The molecule has 0 spiro atoms. The van der Waals surface area contributed by atoms with Gasteiger partial charge in [0.2, 0.25) is 5.91 Å². The molecule has 1 N–H and O–H groups in total. The second kappa shape index (κ2) is 8.08. The highest BCUT2D eigenvalue weighted by Gasteiger charge is 2.20. The van der Waals surface area contributed by atoms with Crippen LogP contribution in [0.4, 0.5) is 0 Å². The zero-order valence-corrected chi connectivity index (χ0v) is 11.4. The van der Waals surface area contributed by atoms with Gasteiger partial charge in [-0.2, -0.15) is 0 Å². The summed E-state index contributed by atoms with van der Waals surface area (Å²) >= 11 is 0. The Hall–Kier alpha value is -1.10. The number of likely N-dealkylation sites (tertiary alicyclic amines) is 1. The SMILES string of the molecule is COC(=O)CCCNC(=O)CN1CCCC[C@H]1C. The maximum atomic E-state index is 11.7. The quantitative estimate of drug-likeness (QED) is 0.567. The number of carbonyl (C=O) groups excluding carboxylic acids is 2. The first-order chi connectivity index (χ1) is 8.63. The van der Waals surface area contributed by atoms with Gasteiger partial charge >= 0.3 is 5.97 Å². The summed E-state index contributed by atoms with van der Waals surface area (Å²) in [6.45, 7) is 4.19. The van der Waals surface area contributed by atoms with E-state index in [-0.39, 0.29) is 11.9 Å². The number of ether oxygens (including phenoxy) is 1. The molecule has 1 atom stereocenters. The molecule has 0 radical (unpaired) electrons. The summed E-state index contributed by atoms with van der Waals surface area (Å²) in [5.41, 5.74) is 0. The maximum Gasteiger partial charge on any atom is 0.305 e. The number of rotatable bonds is 6.